The number of hydrogen-bond donors (Lipinski definition) is 1. The zero-order chi connectivity index (χ0) is 15.8. The molecule has 1 N–H and O–H groups in total. The fraction of sp³-hybridized carbons (Fsp3) is 0.562. The SMILES string of the molecule is [2H]C(CCC)N(C(=O)C(O)c1ccccc1)C([2H])CCC. The van der Waals surface area contributed by atoms with Gasteiger partial charge in [-0.2, -0.15) is 0 Å². The smallest absolute Gasteiger partial charge is 0.256 e. The van der Waals surface area contributed by atoms with Crippen molar-refractivity contribution >= 4 is 5.91 Å². The van der Waals surface area contributed by atoms with Crippen LogP contribution >= 0.6 is 0 Å². The van der Waals surface area contributed by atoms with E-state index in [0.717, 1.165) is 12.8 Å². The van der Waals surface area contributed by atoms with Crippen molar-refractivity contribution in [3.8, 4) is 0 Å². The molecule has 3 atom stereocenters. The summed E-state index contributed by atoms with van der Waals surface area (Å²) in [5.74, 6) is -0.553. The summed E-state index contributed by atoms with van der Waals surface area (Å²) in [6, 6.07) is 8.68. The molecule has 3 unspecified atom stereocenters. The molecule has 19 heavy (non-hydrogen) atoms. The molecule has 0 heterocycles. The summed E-state index contributed by atoms with van der Waals surface area (Å²) in [5, 5.41) is 10.2. The van der Waals surface area contributed by atoms with Gasteiger partial charge in [0.25, 0.3) is 5.91 Å². The number of carbonyl (C=O) groups excluding carboxylic acids is 1. The minimum Gasteiger partial charge on any atom is -0.378 e. The first-order valence-corrected chi connectivity index (χ1v) is 6.92. The van der Waals surface area contributed by atoms with E-state index in [1.807, 2.05) is 19.9 Å². The van der Waals surface area contributed by atoms with Gasteiger partial charge in [0.1, 0.15) is 0 Å². The molecule has 0 aliphatic heterocycles. The molecule has 0 saturated carbocycles. The lowest BCUT2D eigenvalue weighted by molar-refractivity contribution is -0.140. The average Bonchev–Trinajstić information content (AvgIpc) is 2.48. The Morgan fingerprint density at radius 1 is 1.21 bits per heavy atom. The second kappa shape index (κ2) is 8.70. The minimum atomic E-state index is -1.30. The second-order valence-corrected chi connectivity index (χ2v) is 4.50. The largest absolute Gasteiger partial charge is 0.378 e. The topological polar surface area (TPSA) is 40.5 Å². The summed E-state index contributed by atoms with van der Waals surface area (Å²) in [6.45, 7) is 2.32. The highest BCUT2D eigenvalue weighted by Crippen LogP contribution is 2.16. The third-order valence-electron chi connectivity index (χ3n) is 2.83. The maximum Gasteiger partial charge on any atom is 0.256 e. The zero-order valence-electron chi connectivity index (χ0n) is 13.7. The molecular weight excluding hydrogens is 238 g/mol. The van der Waals surface area contributed by atoms with Crippen LogP contribution in [0, 0.1) is 0 Å². The van der Waals surface area contributed by atoms with Gasteiger partial charge in [0.15, 0.2) is 6.10 Å². The van der Waals surface area contributed by atoms with Crippen LogP contribution in [0.5, 0.6) is 0 Å². The predicted molar refractivity (Wildman–Crippen MR) is 77.8 cm³/mol. The molecule has 106 valence electrons. The van der Waals surface area contributed by atoms with Gasteiger partial charge in [0.2, 0.25) is 0 Å². The third kappa shape index (κ3) is 5.03. The average molecular weight is 265 g/mol. The lowest BCUT2D eigenvalue weighted by atomic mass is 10.1. The first kappa shape index (κ1) is 12.7. The van der Waals surface area contributed by atoms with Crippen molar-refractivity contribution in [3.05, 3.63) is 35.9 Å². The Bertz CT molecular complexity index is 416. The van der Waals surface area contributed by atoms with Gasteiger partial charge < -0.3 is 10.0 Å². The summed E-state index contributed by atoms with van der Waals surface area (Å²) in [5.41, 5.74) is 0.500. The second-order valence-electron chi connectivity index (χ2n) is 4.50. The predicted octanol–water partition coefficient (Wildman–Crippen LogP) is 3.15. The van der Waals surface area contributed by atoms with Crippen LogP contribution in [-0.2, 0) is 4.79 Å². The van der Waals surface area contributed by atoms with E-state index in [4.69, 9.17) is 2.74 Å². The third-order valence-corrected chi connectivity index (χ3v) is 2.83. The highest BCUT2D eigenvalue weighted by molar-refractivity contribution is 5.82. The van der Waals surface area contributed by atoms with E-state index in [2.05, 4.69) is 0 Å². The van der Waals surface area contributed by atoms with Crippen molar-refractivity contribution in [2.24, 2.45) is 0 Å². The van der Waals surface area contributed by atoms with Gasteiger partial charge in [0.05, 0.1) is 0 Å². The molecule has 0 aromatic heterocycles. The number of aliphatic hydroxyl groups excluding tert-OH is 1. The van der Waals surface area contributed by atoms with Crippen molar-refractivity contribution in [1.29, 1.82) is 0 Å². The van der Waals surface area contributed by atoms with Crippen LogP contribution < -0.4 is 0 Å². The lowest BCUT2D eigenvalue weighted by Gasteiger charge is -2.25. The Kier molecular flexibility index (Phi) is 5.80. The summed E-state index contributed by atoms with van der Waals surface area (Å²) in [4.78, 5) is 13.7. The molecule has 3 nitrogen and oxygen atoms in total. The first-order chi connectivity index (χ1) is 10.0. The molecule has 0 aliphatic rings. The maximum atomic E-state index is 12.5. The number of aliphatic hydroxyl groups is 1. The lowest BCUT2D eigenvalue weighted by Crippen LogP contribution is -2.36. The van der Waals surface area contributed by atoms with E-state index in [0.29, 0.717) is 18.4 Å². The van der Waals surface area contributed by atoms with Crippen molar-refractivity contribution in [2.45, 2.75) is 45.6 Å². The summed E-state index contributed by atoms with van der Waals surface area (Å²) in [7, 11) is 0. The van der Waals surface area contributed by atoms with Crippen molar-refractivity contribution in [1.82, 2.24) is 4.90 Å². The molecule has 0 saturated heterocycles. The fourth-order valence-corrected chi connectivity index (χ4v) is 1.71. The van der Waals surface area contributed by atoms with Gasteiger partial charge in [-0.05, 0) is 18.4 Å². The van der Waals surface area contributed by atoms with Gasteiger partial charge in [-0.25, -0.2) is 0 Å². The van der Waals surface area contributed by atoms with Gasteiger partial charge in [-0.3, -0.25) is 4.79 Å². The summed E-state index contributed by atoms with van der Waals surface area (Å²) < 4.78 is 16.2. The zero-order valence-corrected chi connectivity index (χ0v) is 11.7. The molecule has 0 bridgehead atoms. The molecule has 1 rings (SSSR count). The summed E-state index contributed by atoms with van der Waals surface area (Å²) in [6.07, 6.45) is 1.23. The van der Waals surface area contributed by atoms with Crippen LogP contribution in [0.3, 0.4) is 0 Å². The Hall–Kier alpha value is -1.35. The molecule has 1 aromatic carbocycles. The maximum absolute atomic E-state index is 12.5. The standard InChI is InChI=1S/C16H25NO2/c1-3-5-12-17(13-6-4-2)16(19)15(18)14-10-8-7-9-11-14/h7-11,15,18H,3-6,12-13H2,1-2H3/i12D,13D. The molecule has 0 spiro atoms. The highest BCUT2D eigenvalue weighted by atomic mass is 16.3. The highest BCUT2D eigenvalue weighted by Gasteiger charge is 2.22. The van der Waals surface area contributed by atoms with E-state index in [-0.39, 0.29) is 0 Å². The molecule has 3 heteroatoms. The quantitative estimate of drug-likeness (QED) is 0.784. The minimum absolute atomic E-state index is 0.500. The van der Waals surface area contributed by atoms with Gasteiger partial charge in [-0.1, -0.05) is 57.0 Å². The molecule has 0 radical (unpaired) electrons. The van der Waals surface area contributed by atoms with Crippen LogP contribution in [0.15, 0.2) is 30.3 Å². The van der Waals surface area contributed by atoms with Gasteiger partial charge in [0, 0.05) is 15.8 Å². The molecule has 0 aliphatic carbocycles. The number of nitrogens with zero attached hydrogens (tertiary/aromatic N) is 1. The van der Waals surface area contributed by atoms with E-state index in [1.54, 1.807) is 24.3 Å². The Morgan fingerprint density at radius 3 is 2.21 bits per heavy atom. The fourth-order valence-electron chi connectivity index (χ4n) is 1.71. The van der Waals surface area contributed by atoms with Crippen molar-refractivity contribution in [3.63, 3.8) is 0 Å². The number of rotatable bonds is 8. The van der Waals surface area contributed by atoms with Crippen molar-refractivity contribution in [2.75, 3.05) is 13.0 Å². The monoisotopic (exact) mass is 265 g/mol. The van der Waals surface area contributed by atoms with Gasteiger partial charge >= 0.3 is 0 Å². The number of carbonyl (C=O) groups is 1. The molecule has 1 amide bonds. The normalized spacial score (nSPS) is 17.0. The van der Waals surface area contributed by atoms with Crippen LogP contribution in [0.4, 0.5) is 0 Å². The van der Waals surface area contributed by atoms with Crippen LogP contribution in [0.25, 0.3) is 0 Å². The van der Waals surface area contributed by atoms with Gasteiger partial charge in [-0.15, -0.1) is 0 Å². The van der Waals surface area contributed by atoms with E-state index in [1.165, 1.54) is 4.90 Å². The molecular formula is C16H25NO2. The van der Waals surface area contributed by atoms with E-state index in [9.17, 15) is 9.90 Å². The van der Waals surface area contributed by atoms with Crippen LogP contribution in [0.2, 0.25) is 0 Å². The Balaban J connectivity index is 2.93. The molecule has 0 fully saturated rings. The van der Waals surface area contributed by atoms with E-state index >= 15 is 0 Å². The van der Waals surface area contributed by atoms with Crippen molar-refractivity contribution < 1.29 is 12.6 Å². The number of benzene rings is 1. The summed E-state index contributed by atoms with van der Waals surface area (Å²) >= 11 is 0. The number of hydrogen-bond acceptors (Lipinski definition) is 2. The first-order valence-electron chi connectivity index (χ1n) is 8.08. The number of amides is 1. The van der Waals surface area contributed by atoms with E-state index < -0.39 is 25.1 Å². The van der Waals surface area contributed by atoms with Crippen LogP contribution in [0.1, 0.15) is 53.9 Å². The Labute approximate surface area is 119 Å². The Morgan fingerprint density at radius 2 is 1.74 bits per heavy atom. The van der Waals surface area contributed by atoms with Crippen LogP contribution in [-0.4, -0.2) is 29.0 Å². The molecule has 1 aromatic rings.